The molecule has 0 unspecified atom stereocenters. The molecule has 3 rings (SSSR count). The van der Waals surface area contributed by atoms with Gasteiger partial charge in [-0.2, -0.15) is 0 Å². The summed E-state index contributed by atoms with van der Waals surface area (Å²) in [6, 6.07) is 14.2. The summed E-state index contributed by atoms with van der Waals surface area (Å²) in [5.41, 5.74) is 1.73. The van der Waals surface area contributed by atoms with Gasteiger partial charge < -0.3 is 10.2 Å². The van der Waals surface area contributed by atoms with Crippen molar-refractivity contribution < 1.29 is 4.79 Å². The van der Waals surface area contributed by atoms with E-state index in [1.807, 2.05) is 12.1 Å². The van der Waals surface area contributed by atoms with Crippen LogP contribution in [-0.4, -0.2) is 53.7 Å². The van der Waals surface area contributed by atoms with Crippen molar-refractivity contribution in [3.63, 3.8) is 0 Å². The molecule has 0 saturated carbocycles. The third-order valence-corrected chi connectivity index (χ3v) is 4.64. The van der Waals surface area contributed by atoms with Gasteiger partial charge in [-0.1, -0.05) is 43.7 Å². The summed E-state index contributed by atoms with van der Waals surface area (Å²) in [5, 5.41) is 11.2. The van der Waals surface area contributed by atoms with Crippen molar-refractivity contribution in [3.05, 3.63) is 53.7 Å². The number of anilines is 1. The van der Waals surface area contributed by atoms with Crippen molar-refractivity contribution in [2.75, 3.05) is 37.6 Å². The van der Waals surface area contributed by atoms with Crippen LogP contribution >= 0.6 is 0 Å². The Morgan fingerprint density at radius 1 is 1.04 bits per heavy atom. The van der Waals surface area contributed by atoms with Crippen LogP contribution in [0.25, 0.3) is 0 Å². The Morgan fingerprint density at radius 3 is 2.46 bits per heavy atom. The van der Waals surface area contributed by atoms with Gasteiger partial charge in [-0.3, -0.25) is 9.69 Å². The van der Waals surface area contributed by atoms with E-state index in [4.69, 9.17) is 0 Å². The largest absolute Gasteiger partial charge is 0.353 e. The fraction of sp³-hybridized carbons (Fsp3) is 0.450. The van der Waals surface area contributed by atoms with Gasteiger partial charge in [0.2, 0.25) is 0 Å². The molecule has 2 heterocycles. The van der Waals surface area contributed by atoms with Crippen LogP contribution in [0.15, 0.2) is 42.5 Å². The van der Waals surface area contributed by atoms with Crippen LogP contribution in [0.3, 0.4) is 0 Å². The zero-order valence-electron chi connectivity index (χ0n) is 15.4. The van der Waals surface area contributed by atoms with E-state index < -0.39 is 0 Å². The molecule has 1 aromatic heterocycles. The van der Waals surface area contributed by atoms with E-state index >= 15 is 0 Å². The van der Waals surface area contributed by atoms with E-state index in [9.17, 15) is 4.79 Å². The van der Waals surface area contributed by atoms with E-state index in [0.29, 0.717) is 12.2 Å². The maximum atomic E-state index is 12.0. The molecule has 1 aliphatic heterocycles. The summed E-state index contributed by atoms with van der Waals surface area (Å²) >= 11 is 0. The first-order valence-electron chi connectivity index (χ1n) is 9.39. The predicted molar refractivity (Wildman–Crippen MR) is 103 cm³/mol. The number of carbonyl (C=O) groups excluding carboxylic acids is 1. The van der Waals surface area contributed by atoms with Gasteiger partial charge in [-0.15, -0.1) is 10.2 Å². The summed E-state index contributed by atoms with van der Waals surface area (Å²) < 4.78 is 0. The molecule has 1 N–H and O–H groups in total. The van der Waals surface area contributed by atoms with Gasteiger partial charge in [-0.25, -0.2) is 0 Å². The standard InChI is InChI=1S/C20H27N5O/c1-2-3-11-21-20(26)18-9-10-19(23-22-18)25-14-12-24(13-15-25)16-17-7-5-4-6-8-17/h4-10H,2-3,11-16H2,1H3,(H,21,26). The zero-order valence-corrected chi connectivity index (χ0v) is 15.4. The number of hydrogen-bond acceptors (Lipinski definition) is 5. The van der Waals surface area contributed by atoms with E-state index in [1.54, 1.807) is 6.07 Å². The lowest BCUT2D eigenvalue weighted by Crippen LogP contribution is -2.46. The van der Waals surface area contributed by atoms with Gasteiger partial charge in [0.25, 0.3) is 5.91 Å². The van der Waals surface area contributed by atoms with Crippen LogP contribution in [-0.2, 0) is 6.54 Å². The van der Waals surface area contributed by atoms with Crippen LogP contribution in [0, 0.1) is 0 Å². The summed E-state index contributed by atoms with van der Waals surface area (Å²) in [5.74, 6) is 0.694. The van der Waals surface area contributed by atoms with Crippen LogP contribution in [0.4, 0.5) is 5.82 Å². The van der Waals surface area contributed by atoms with Crippen molar-refractivity contribution >= 4 is 11.7 Å². The van der Waals surface area contributed by atoms with Gasteiger partial charge in [0.1, 0.15) is 0 Å². The molecule has 1 aromatic carbocycles. The van der Waals surface area contributed by atoms with Gasteiger partial charge in [0.15, 0.2) is 11.5 Å². The smallest absolute Gasteiger partial charge is 0.271 e. The Labute approximate surface area is 155 Å². The van der Waals surface area contributed by atoms with Crippen LogP contribution < -0.4 is 10.2 Å². The molecule has 138 valence electrons. The Hall–Kier alpha value is -2.47. The molecule has 0 bridgehead atoms. The molecule has 1 aliphatic rings. The summed E-state index contributed by atoms with van der Waals surface area (Å²) in [6.07, 6.45) is 2.03. The number of amides is 1. The minimum absolute atomic E-state index is 0.148. The summed E-state index contributed by atoms with van der Waals surface area (Å²) in [7, 11) is 0. The number of nitrogens with zero attached hydrogens (tertiary/aromatic N) is 4. The van der Waals surface area contributed by atoms with E-state index in [0.717, 1.165) is 51.4 Å². The van der Waals surface area contributed by atoms with Gasteiger partial charge in [-0.05, 0) is 24.1 Å². The van der Waals surface area contributed by atoms with Crippen molar-refractivity contribution in [2.45, 2.75) is 26.3 Å². The number of aromatic nitrogens is 2. The molecule has 0 atom stereocenters. The Morgan fingerprint density at radius 2 is 1.81 bits per heavy atom. The highest BCUT2D eigenvalue weighted by Gasteiger charge is 2.19. The first-order valence-corrected chi connectivity index (χ1v) is 9.39. The third-order valence-electron chi connectivity index (χ3n) is 4.64. The number of hydrogen-bond donors (Lipinski definition) is 1. The Bertz CT molecular complexity index is 681. The third kappa shape index (κ3) is 5.02. The monoisotopic (exact) mass is 353 g/mol. The molecule has 0 aliphatic carbocycles. The number of piperazine rings is 1. The van der Waals surface area contributed by atoms with Crippen LogP contribution in [0.5, 0.6) is 0 Å². The van der Waals surface area contributed by atoms with Crippen molar-refractivity contribution in [2.24, 2.45) is 0 Å². The van der Waals surface area contributed by atoms with E-state index in [2.05, 4.69) is 56.5 Å². The lowest BCUT2D eigenvalue weighted by atomic mass is 10.2. The molecule has 6 heteroatoms. The second-order valence-electron chi connectivity index (χ2n) is 6.64. The van der Waals surface area contributed by atoms with Gasteiger partial charge >= 0.3 is 0 Å². The highest BCUT2D eigenvalue weighted by atomic mass is 16.1. The molecule has 1 amide bonds. The molecule has 2 aromatic rings. The van der Waals surface area contributed by atoms with Gasteiger partial charge in [0.05, 0.1) is 0 Å². The average Bonchev–Trinajstić information content (AvgIpc) is 2.70. The highest BCUT2D eigenvalue weighted by molar-refractivity contribution is 5.92. The van der Waals surface area contributed by atoms with Gasteiger partial charge in [0, 0.05) is 39.3 Å². The number of carbonyl (C=O) groups is 1. The number of unbranched alkanes of at least 4 members (excludes halogenated alkanes) is 1. The van der Waals surface area contributed by atoms with Crippen LogP contribution in [0.2, 0.25) is 0 Å². The Balaban J connectivity index is 1.49. The second kappa shape index (κ2) is 9.29. The van der Waals surface area contributed by atoms with Crippen molar-refractivity contribution in [3.8, 4) is 0 Å². The number of nitrogens with one attached hydrogen (secondary N) is 1. The first-order chi connectivity index (χ1) is 12.8. The first kappa shape index (κ1) is 18.3. The maximum Gasteiger partial charge on any atom is 0.271 e. The SMILES string of the molecule is CCCCNC(=O)c1ccc(N2CCN(Cc3ccccc3)CC2)nn1. The topological polar surface area (TPSA) is 61.4 Å². The second-order valence-corrected chi connectivity index (χ2v) is 6.64. The molecule has 1 fully saturated rings. The summed E-state index contributed by atoms with van der Waals surface area (Å²) in [6.45, 7) is 7.60. The lowest BCUT2D eigenvalue weighted by Gasteiger charge is -2.35. The maximum absolute atomic E-state index is 12.0. The molecule has 1 saturated heterocycles. The van der Waals surface area contributed by atoms with E-state index in [-0.39, 0.29) is 5.91 Å². The predicted octanol–water partition coefficient (Wildman–Crippen LogP) is 2.33. The quantitative estimate of drug-likeness (QED) is 0.774. The van der Waals surface area contributed by atoms with E-state index in [1.165, 1.54) is 5.56 Å². The molecule has 0 radical (unpaired) electrons. The lowest BCUT2D eigenvalue weighted by molar-refractivity contribution is 0.0947. The normalized spacial score (nSPS) is 15.0. The molecule has 26 heavy (non-hydrogen) atoms. The van der Waals surface area contributed by atoms with Crippen LogP contribution in [0.1, 0.15) is 35.8 Å². The molecule has 0 spiro atoms. The minimum atomic E-state index is -0.148. The molecule has 6 nitrogen and oxygen atoms in total. The van der Waals surface area contributed by atoms with Crippen molar-refractivity contribution in [1.82, 2.24) is 20.4 Å². The fourth-order valence-corrected chi connectivity index (χ4v) is 3.06. The average molecular weight is 353 g/mol. The molecular formula is C20H27N5O. The fourth-order valence-electron chi connectivity index (χ4n) is 3.06. The highest BCUT2D eigenvalue weighted by Crippen LogP contribution is 2.14. The minimum Gasteiger partial charge on any atom is -0.353 e. The Kier molecular flexibility index (Phi) is 6.55. The number of rotatable bonds is 7. The molecular weight excluding hydrogens is 326 g/mol. The summed E-state index contributed by atoms with van der Waals surface area (Å²) in [4.78, 5) is 16.7. The number of benzene rings is 1. The zero-order chi connectivity index (χ0) is 18.2. The van der Waals surface area contributed by atoms with Crippen molar-refractivity contribution in [1.29, 1.82) is 0 Å².